The van der Waals surface area contributed by atoms with Gasteiger partial charge in [0.1, 0.15) is 5.84 Å². The van der Waals surface area contributed by atoms with E-state index in [1.165, 1.54) is 0 Å². The summed E-state index contributed by atoms with van der Waals surface area (Å²) in [6.07, 6.45) is -0.0608. The Kier molecular flexibility index (Phi) is 7.35. The quantitative estimate of drug-likeness (QED) is 0.233. The van der Waals surface area contributed by atoms with Crippen molar-refractivity contribution in [3.8, 4) is 0 Å². The highest BCUT2D eigenvalue weighted by atomic mass is 16.4. The molecule has 0 fully saturated rings. The maximum Gasteiger partial charge on any atom is 0.227 e. The van der Waals surface area contributed by atoms with Gasteiger partial charge in [0.25, 0.3) is 0 Å². The third kappa shape index (κ3) is 6.73. The molecule has 0 atom stereocenters. The topological polar surface area (TPSA) is 91.0 Å². The number of rotatable bonds is 7. The standard InChI is InChI=1S/C9H20N4O2/c1-3-13(4-2)6-5-11-9(14)7-8(10)12-15/h15H,3-7H2,1-2H3,(H2,10,12)(H,11,14). The summed E-state index contributed by atoms with van der Waals surface area (Å²) in [7, 11) is 0. The second kappa shape index (κ2) is 8.05. The van der Waals surface area contributed by atoms with Crippen LogP contribution in [0.4, 0.5) is 0 Å². The van der Waals surface area contributed by atoms with E-state index in [0.717, 1.165) is 19.6 Å². The van der Waals surface area contributed by atoms with Crippen LogP contribution >= 0.6 is 0 Å². The lowest BCUT2D eigenvalue weighted by atomic mass is 10.3. The lowest BCUT2D eigenvalue weighted by Gasteiger charge is -2.17. The third-order valence-electron chi connectivity index (χ3n) is 2.11. The fraction of sp³-hybridized carbons (Fsp3) is 0.778. The van der Waals surface area contributed by atoms with Crippen LogP contribution in [0.15, 0.2) is 5.16 Å². The zero-order chi connectivity index (χ0) is 11.7. The highest BCUT2D eigenvalue weighted by Crippen LogP contribution is 1.85. The molecule has 0 aromatic carbocycles. The second-order valence-corrected chi connectivity index (χ2v) is 3.14. The van der Waals surface area contributed by atoms with Crippen molar-refractivity contribution in [2.75, 3.05) is 26.2 Å². The van der Waals surface area contributed by atoms with Gasteiger partial charge in [0.05, 0.1) is 6.42 Å². The molecule has 15 heavy (non-hydrogen) atoms. The van der Waals surface area contributed by atoms with Gasteiger partial charge in [0.2, 0.25) is 5.91 Å². The van der Waals surface area contributed by atoms with Crippen molar-refractivity contribution < 1.29 is 10.0 Å². The van der Waals surface area contributed by atoms with Crippen LogP contribution in [0, 0.1) is 0 Å². The molecule has 6 nitrogen and oxygen atoms in total. The third-order valence-corrected chi connectivity index (χ3v) is 2.11. The Labute approximate surface area is 90.1 Å². The molecule has 0 radical (unpaired) electrons. The largest absolute Gasteiger partial charge is 0.409 e. The minimum atomic E-state index is -0.225. The number of hydrogen-bond acceptors (Lipinski definition) is 4. The summed E-state index contributed by atoms with van der Waals surface area (Å²) in [6.45, 7) is 7.47. The predicted octanol–water partition coefficient (Wildman–Crippen LogP) is -0.419. The Balaban J connectivity index is 3.63. The molecule has 0 saturated carbocycles. The van der Waals surface area contributed by atoms with Crippen LogP contribution in [0.2, 0.25) is 0 Å². The molecule has 0 aromatic heterocycles. The summed E-state index contributed by atoms with van der Waals surface area (Å²) in [4.78, 5) is 13.4. The molecule has 1 amide bonds. The fourth-order valence-electron chi connectivity index (χ4n) is 1.16. The van der Waals surface area contributed by atoms with Crippen LogP contribution in [-0.2, 0) is 4.79 Å². The van der Waals surface area contributed by atoms with Gasteiger partial charge in [-0.25, -0.2) is 0 Å². The first-order valence-corrected chi connectivity index (χ1v) is 5.09. The van der Waals surface area contributed by atoms with E-state index in [4.69, 9.17) is 10.9 Å². The van der Waals surface area contributed by atoms with Gasteiger partial charge in [-0.3, -0.25) is 4.79 Å². The van der Waals surface area contributed by atoms with Gasteiger partial charge in [-0.1, -0.05) is 19.0 Å². The summed E-state index contributed by atoms with van der Waals surface area (Å²) < 4.78 is 0. The Morgan fingerprint density at radius 2 is 2.07 bits per heavy atom. The van der Waals surface area contributed by atoms with Crippen molar-refractivity contribution in [2.24, 2.45) is 10.9 Å². The molecular weight excluding hydrogens is 196 g/mol. The maximum atomic E-state index is 11.2. The van der Waals surface area contributed by atoms with E-state index in [0.29, 0.717) is 6.54 Å². The van der Waals surface area contributed by atoms with Crippen molar-refractivity contribution in [1.82, 2.24) is 10.2 Å². The van der Waals surface area contributed by atoms with Crippen molar-refractivity contribution in [2.45, 2.75) is 20.3 Å². The minimum Gasteiger partial charge on any atom is -0.409 e. The normalized spacial score (nSPS) is 11.8. The van der Waals surface area contributed by atoms with Crippen LogP contribution < -0.4 is 11.1 Å². The molecule has 0 aliphatic heterocycles. The van der Waals surface area contributed by atoms with Crippen molar-refractivity contribution in [1.29, 1.82) is 0 Å². The van der Waals surface area contributed by atoms with E-state index < -0.39 is 0 Å². The first-order chi connectivity index (χ1) is 7.13. The molecule has 6 heteroatoms. The molecule has 0 heterocycles. The zero-order valence-electron chi connectivity index (χ0n) is 9.36. The lowest BCUT2D eigenvalue weighted by molar-refractivity contribution is -0.120. The van der Waals surface area contributed by atoms with E-state index in [2.05, 4.69) is 29.2 Å². The molecule has 0 spiro atoms. The van der Waals surface area contributed by atoms with Crippen LogP contribution in [0.3, 0.4) is 0 Å². The van der Waals surface area contributed by atoms with E-state index in [9.17, 15) is 4.79 Å². The number of amides is 1. The highest BCUT2D eigenvalue weighted by molar-refractivity contribution is 5.98. The van der Waals surface area contributed by atoms with E-state index in [1.54, 1.807) is 0 Å². The molecule has 0 aromatic rings. The van der Waals surface area contributed by atoms with Gasteiger partial charge >= 0.3 is 0 Å². The van der Waals surface area contributed by atoms with Gasteiger partial charge in [-0.2, -0.15) is 0 Å². The Bertz CT molecular complexity index is 214. The number of oxime groups is 1. The molecule has 88 valence electrons. The maximum absolute atomic E-state index is 11.2. The predicted molar refractivity (Wildman–Crippen MR) is 58.8 cm³/mol. The van der Waals surface area contributed by atoms with Gasteiger partial charge in [0, 0.05) is 13.1 Å². The average Bonchev–Trinajstić information content (AvgIpc) is 2.24. The smallest absolute Gasteiger partial charge is 0.227 e. The van der Waals surface area contributed by atoms with E-state index in [1.807, 2.05) is 0 Å². The zero-order valence-corrected chi connectivity index (χ0v) is 9.36. The van der Waals surface area contributed by atoms with E-state index >= 15 is 0 Å². The Morgan fingerprint density at radius 1 is 1.47 bits per heavy atom. The van der Waals surface area contributed by atoms with Crippen molar-refractivity contribution >= 4 is 11.7 Å². The molecule has 0 aliphatic carbocycles. The fourth-order valence-corrected chi connectivity index (χ4v) is 1.16. The molecule has 0 rings (SSSR count). The number of hydrogen-bond donors (Lipinski definition) is 3. The van der Waals surface area contributed by atoms with Crippen LogP contribution in [0.1, 0.15) is 20.3 Å². The minimum absolute atomic E-state index is 0.0608. The monoisotopic (exact) mass is 216 g/mol. The van der Waals surface area contributed by atoms with Crippen LogP contribution in [0.5, 0.6) is 0 Å². The number of nitrogens with one attached hydrogen (secondary N) is 1. The first kappa shape index (κ1) is 13.7. The number of nitrogens with zero attached hydrogens (tertiary/aromatic N) is 2. The van der Waals surface area contributed by atoms with Crippen LogP contribution in [0.25, 0.3) is 0 Å². The first-order valence-electron chi connectivity index (χ1n) is 5.09. The van der Waals surface area contributed by atoms with Gasteiger partial charge in [-0.05, 0) is 13.1 Å². The molecule has 4 N–H and O–H groups in total. The molecule has 0 aliphatic rings. The molecule has 0 unspecified atom stereocenters. The number of carbonyl (C=O) groups is 1. The summed E-state index contributed by atoms with van der Waals surface area (Å²) >= 11 is 0. The SMILES string of the molecule is CCN(CC)CCNC(=O)C/C(N)=N/O. The van der Waals surface area contributed by atoms with Crippen molar-refractivity contribution in [3.63, 3.8) is 0 Å². The number of nitrogens with two attached hydrogens (primary N) is 1. The van der Waals surface area contributed by atoms with Gasteiger partial charge in [0.15, 0.2) is 0 Å². The second-order valence-electron chi connectivity index (χ2n) is 3.14. The molecule has 0 bridgehead atoms. The highest BCUT2D eigenvalue weighted by Gasteiger charge is 2.04. The summed E-state index contributed by atoms with van der Waals surface area (Å²) in [5, 5.41) is 13.7. The summed E-state index contributed by atoms with van der Waals surface area (Å²) in [5.41, 5.74) is 5.19. The van der Waals surface area contributed by atoms with Gasteiger partial charge < -0.3 is 21.2 Å². The Morgan fingerprint density at radius 3 is 2.53 bits per heavy atom. The molecular formula is C9H20N4O2. The van der Waals surface area contributed by atoms with E-state index in [-0.39, 0.29) is 18.2 Å². The van der Waals surface area contributed by atoms with Crippen LogP contribution in [-0.4, -0.2) is 48.0 Å². The van der Waals surface area contributed by atoms with Crippen molar-refractivity contribution in [3.05, 3.63) is 0 Å². The average molecular weight is 216 g/mol. The summed E-state index contributed by atoms with van der Waals surface area (Å²) in [5.74, 6) is -0.298. The molecule has 0 saturated heterocycles. The lowest BCUT2D eigenvalue weighted by Crippen LogP contribution is -2.36. The number of carbonyl (C=O) groups excluding carboxylic acids is 1. The van der Waals surface area contributed by atoms with Gasteiger partial charge in [-0.15, -0.1) is 0 Å². The number of likely N-dealkylation sites (N-methyl/N-ethyl adjacent to an activating group) is 1. The Hall–Kier alpha value is -1.30. The summed E-state index contributed by atoms with van der Waals surface area (Å²) in [6, 6.07) is 0. The number of amidine groups is 1.